The molecule has 1 amide bonds. The van der Waals surface area contributed by atoms with Gasteiger partial charge in [0.1, 0.15) is 0 Å². The zero-order chi connectivity index (χ0) is 9.97. The monoisotopic (exact) mass is 233 g/mol. The summed E-state index contributed by atoms with van der Waals surface area (Å²) in [7, 11) is 0. The van der Waals surface area contributed by atoms with Crippen molar-refractivity contribution in [2.75, 3.05) is 13.1 Å². The zero-order valence-corrected chi connectivity index (χ0v) is 9.69. The Labute approximate surface area is 96.8 Å². The minimum Gasteiger partial charge on any atom is -0.351 e. The number of hydrogen-bond donors (Lipinski definition) is 3. The average Bonchev–Trinajstić information content (AvgIpc) is 2.44. The molecule has 15 heavy (non-hydrogen) atoms. The molecule has 0 bridgehead atoms. The molecule has 0 radical (unpaired) electrons. The van der Waals surface area contributed by atoms with Crippen molar-refractivity contribution in [3.05, 3.63) is 0 Å². The molecule has 4 N–H and O–H groups in total. The summed E-state index contributed by atoms with van der Waals surface area (Å²) in [4.78, 5) is 11.5. The van der Waals surface area contributed by atoms with Crippen LogP contribution in [0.2, 0.25) is 0 Å². The molecule has 2 unspecified atom stereocenters. The zero-order valence-electron chi connectivity index (χ0n) is 8.87. The predicted octanol–water partition coefficient (Wildman–Crippen LogP) is 0.0137. The Morgan fingerprint density at radius 1 is 1.40 bits per heavy atom. The highest BCUT2D eigenvalue weighted by molar-refractivity contribution is 5.85. The molecule has 2 rings (SSSR count). The van der Waals surface area contributed by atoms with Crippen LogP contribution in [0, 0.1) is 5.92 Å². The molecule has 0 spiro atoms. The van der Waals surface area contributed by atoms with Crippen LogP contribution in [0.1, 0.15) is 25.7 Å². The molecule has 5 heteroatoms. The normalized spacial score (nSPS) is 30.5. The maximum atomic E-state index is 11.5. The van der Waals surface area contributed by atoms with Crippen LogP contribution in [0.3, 0.4) is 0 Å². The lowest BCUT2D eigenvalue weighted by molar-refractivity contribution is -0.123. The van der Waals surface area contributed by atoms with Gasteiger partial charge in [-0.1, -0.05) is 0 Å². The summed E-state index contributed by atoms with van der Waals surface area (Å²) in [6.45, 7) is 1.85. The minimum absolute atomic E-state index is 0. The van der Waals surface area contributed by atoms with Crippen LogP contribution in [0.5, 0.6) is 0 Å². The van der Waals surface area contributed by atoms with Gasteiger partial charge in [0.2, 0.25) is 5.91 Å². The Hall–Kier alpha value is -0.320. The lowest BCUT2D eigenvalue weighted by Gasteiger charge is -2.28. The van der Waals surface area contributed by atoms with E-state index in [1.54, 1.807) is 0 Å². The molecule has 88 valence electrons. The van der Waals surface area contributed by atoms with Crippen LogP contribution in [-0.4, -0.2) is 31.1 Å². The largest absolute Gasteiger partial charge is 0.351 e. The highest BCUT2D eigenvalue weighted by atomic mass is 35.5. The summed E-state index contributed by atoms with van der Waals surface area (Å²) in [5.74, 6) is 0.730. The van der Waals surface area contributed by atoms with Crippen LogP contribution < -0.4 is 16.4 Å². The molecule has 1 aliphatic heterocycles. The second kappa shape index (κ2) is 5.68. The van der Waals surface area contributed by atoms with Crippen molar-refractivity contribution >= 4 is 18.3 Å². The van der Waals surface area contributed by atoms with Gasteiger partial charge in [-0.25, -0.2) is 0 Å². The highest BCUT2D eigenvalue weighted by Crippen LogP contribution is 2.26. The minimum atomic E-state index is 0. The standard InChI is InChI=1S/C10H19N3O.ClH/c11-8-2-1-7(3-8)4-10(14)13-9-5-12-6-9;/h7-9,12H,1-6,11H2,(H,13,14);1H. The van der Waals surface area contributed by atoms with E-state index < -0.39 is 0 Å². The van der Waals surface area contributed by atoms with E-state index in [1.165, 1.54) is 0 Å². The van der Waals surface area contributed by atoms with Gasteiger partial charge < -0.3 is 16.4 Å². The molecule has 1 heterocycles. The molecule has 0 aromatic rings. The second-order valence-electron chi connectivity index (χ2n) is 4.57. The predicted molar refractivity (Wildman–Crippen MR) is 62.0 cm³/mol. The van der Waals surface area contributed by atoms with Crippen molar-refractivity contribution in [1.82, 2.24) is 10.6 Å². The maximum Gasteiger partial charge on any atom is 0.220 e. The summed E-state index contributed by atoms with van der Waals surface area (Å²) >= 11 is 0. The van der Waals surface area contributed by atoms with Crippen molar-refractivity contribution in [1.29, 1.82) is 0 Å². The lowest BCUT2D eigenvalue weighted by atomic mass is 10.0. The van der Waals surface area contributed by atoms with Crippen LogP contribution in [0.25, 0.3) is 0 Å². The Kier molecular flexibility index (Phi) is 4.83. The van der Waals surface area contributed by atoms with Crippen LogP contribution in [-0.2, 0) is 4.79 Å². The van der Waals surface area contributed by atoms with E-state index in [2.05, 4.69) is 10.6 Å². The smallest absolute Gasteiger partial charge is 0.220 e. The van der Waals surface area contributed by atoms with Crippen LogP contribution >= 0.6 is 12.4 Å². The molecular formula is C10H20ClN3O. The first-order valence-corrected chi connectivity index (χ1v) is 5.49. The summed E-state index contributed by atoms with van der Waals surface area (Å²) in [6.07, 6.45) is 3.90. The molecule has 0 aromatic carbocycles. The van der Waals surface area contributed by atoms with E-state index in [0.29, 0.717) is 24.4 Å². The summed E-state index contributed by atoms with van der Waals surface area (Å²) in [5.41, 5.74) is 5.80. The number of carbonyl (C=O) groups is 1. The second-order valence-corrected chi connectivity index (χ2v) is 4.57. The van der Waals surface area contributed by atoms with Crippen molar-refractivity contribution in [2.24, 2.45) is 11.7 Å². The van der Waals surface area contributed by atoms with Gasteiger partial charge in [-0.3, -0.25) is 4.79 Å². The first-order chi connectivity index (χ1) is 6.74. The van der Waals surface area contributed by atoms with E-state index in [0.717, 1.165) is 32.4 Å². The van der Waals surface area contributed by atoms with E-state index in [1.807, 2.05) is 0 Å². The van der Waals surface area contributed by atoms with E-state index in [-0.39, 0.29) is 18.3 Å². The number of halogens is 1. The molecule has 1 saturated carbocycles. The van der Waals surface area contributed by atoms with Gasteiger partial charge in [0.25, 0.3) is 0 Å². The van der Waals surface area contributed by atoms with Crippen LogP contribution in [0.4, 0.5) is 0 Å². The number of nitrogens with two attached hydrogens (primary N) is 1. The maximum absolute atomic E-state index is 11.5. The van der Waals surface area contributed by atoms with Gasteiger partial charge >= 0.3 is 0 Å². The number of rotatable bonds is 3. The fraction of sp³-hybridized carbons (Fsp3) is 0.900. The summed E-state index contributed by atoms with van der Waals surface area (Å²) < 4.78 is 0. The molecule has 2 fully saturated rings. The summed E-state index contributed by atoms with van der Waals surface area (Å²) in [6, 6.07) is 0.704. The van der Waals surface area contributed by atoms with E-state index >= 15 is 0 Å². The summed E-state index contributed by atoms with van der Waals surface area (Å²) in [5, 5.41) is 6.15. The van der Waals surface area contributed by atoms with Crippen molar-refractivity contribution in [2.45, 2.75) is 37.8 Å². The number of carbonyl (C=O) groups excluding carboxylic acids is 1. The van der Waals surface area contributed by atoms with Crippen molar-refractivity contribution < 1.29 is 4.79 Å². The molecule has 1 saturated heterocycles. The van der Waals surface area contributed by atoms with Gasteiger partial charge in [-0.15, -0.1) is 12.4 Å². The van der Waals surface area contributed by atoms with Gasteiger partial charge in [0.05, 0.1) is 6.04 Å². The van der Waals surface area contributed by atoms with Gasteiger partial charge in [0.15, 0.2) is 0 Å². The van der Waals surface area contributed by atoms with Gasteiger partial charge in [-0.2, -0.15) is 0 Å². The molecule has 0 aromatic heterocycles. The lowest BCUT2D eigenvalue weighted by Crippen LogP contribution is -2.57. The third kappa shape index (κ3) is 3.63. The first kappa shape index (κ1) is 12.7. The SMILES string of the molecule is Cl.NC1CCC(CC(=O)NC2CNC2)C1. The molecule has 1 aliphatic carbocycles. The fourth-order valence-electron chi connectivity index (χ4n) is 2.24. The molecule has 2 aliphatic rings. The van der Waals surface area contributed by atoms with E-state index in [9.17, 15) is 4.79 Å². The fourth-order valence-corrected chi connectivity index (χ4v) is 2.24. The third-order valence-corrected chi connectivity index (χ3v) is 3.20. The van der Waals surface area contributed by atoms with Crippen molar-refractivity contribution in [3.63, 3.8) is 0 Å². The Balaban J connectivity index is 0.00000112. The molecular weight excluding hydrogens is 214 g/mol. The number of hydrogen-bond acceptors (Lipinski definition) is 3. The van der Waals surface area contributed by atoms with Gasteiger partial charge in [-0.05, 0) is 25.2 Å². The average molecular weight is 234 g/mol. The Bertz CT molecular complexity index is 221. The Morgan fingerprint density at radius 2 is 2.13 bits per heavy atom. The van der Waals surface area contributed by atoms with Crippen molar-refractivity contribution in [3.8, 4) is 0 Å². The Morgan fingerprint density at radius 3 is 2.60 bits per heavy atom. The quantitative estimate of drug-likeness (QED) is 0.644. The topological polar surface area (TPSA) is 67.2 Å². The van der Waals surface area contributed by atoms with Gasteiger partial charge in [0, 0.05) is 25.6 Å². The molecule has 2 atom stereocenters. The highest BCUT2D eigenvalue weighted by Gasteiger charge is 2.25. The molecule has 4 nitrogen and oxygen atoms in total. The number of amides is 1. The van der Waals surface area contributed by atoms with E-state index in [4.69, 9.17) is 5.73 Å². The van der Waals surface area contributed by atoms with Crippen LogP contribution in [0.15, 0.2) is 0 Å². The third-order valence-electron chi connectivity index (χ3n) is 3.20. The first-order valence-electron chi connectivity index (χ1n) is 5.49. The number of nitrogens with one attached hydrogen (secondary N) is 2.